The zero-order valence-corrected chi connectivity index (χ0v) is 10.9. The first-order chi connectivity index (χ1) is 8.86. The average molecular weight is 243 g/mol. The molecule has 96 valence electrons. The fourth-order valence-corrected chi connectivity index (χ4v) is 3.39. The minimum atomic E-state index is 0.315. The highest BCUT2D eigenvalue weighted by atomic mass is 16.1. The van der Waals surface area contributed by atoms with E-state index in [-0.39, 0.29) is 0 Å². The second-order valence-corrected chi connectivity index (χ2v) is 5.53. The Morgan fingerprint density at radius 2 is 1.72 bits per heavy atom. The van der Waals surface area contributed by atoms with Gasteiger partial charge in [-0.05, 0) is 25.0 Å². The number of hydrogen-bond donors (Lipinski definition) is 0. The van der Waals surface area contributed by atoms with Crippen molar-refractivity contribution >= 4 is 11.5 Å². The Kier molecular flexibility index (Phi) is 3.35. The summed E-state index contributed by atoms with van der Waals surface area (Å²) in [6, 6.07) is 8.80. The van der Waals surface area contributed by atoms with Gasteiger partial charge in [-0.25, -0.2) is 0 Å². The van der Waals surface area contributed by atoms with Gasteiger partial charge in [-0.1, -0.05) is 37.8 Å². The van der Waals surface area contributed by atoms with E-state index in [9.17, 15) is 4.79 Å². The van der Waals surface area contributed by atoms with E-state index >= 15 is 0 Å². The van der Waals surface area contributed by atoms with Gasteiger partial charge >= 0.3 is 0 Å². The second kappa shape index (κ2) is 5.13. The summed E-state index contributed by atoms with van der Waals surface area (Å²) in [5.41, 5.74) is 2.12. The van der Waals surface area contributed by atoms with Crippen molar-refractivity contribution in [3.63, 3.8) is 0 Å². The summed E-state index contributed by atoms with van der Waals surface area (Å²) in [5.74, 6) is 0.315. The van der Waals surface area contributed by atoms with Crippen LogP contribution < -0.4 is 4.90 Å². The SMILES string of the molecule is O=C1CCN(C2CCCCCC2)c2ccccc21. The topological polar surface area (TPSA) is 20.3 Å². The van der Waals surface area contributed by atoms with Crippen molar-refractivity contribution in [2.45, 2.75) is 51.0 Å². The van der Waals surface area contributed by atoms with Gasteiger partial charge in [-0.15, -0.1) is 0 Å². The molecule has 2 heteroatoms. The van der Waals surface area contributed by atoms with Crippen molar-refractivity contribution in [2.24, 2.45) is 0 Å². The van der Waals surface area contributed by atoms with Crippen LogP contribution in [0.1, 0.15) is 55.3 Å². The molecule has 1 aliphatic carbocycles. The Hall–Kier alpha value is -1.31. The van der Waals surface area contributed by atoms with Crippen molar-refractivity contribution in [1.82, 2.24) is 0 Å². The molecular weight excluding hydrogens is 222 g/mol. The number of benzene rings is 1. The van der Waals surface area contributed by atoms with Crippen LogP contribution >= 0.6 is 0 Å². The molecule has 3 rings (SSSR count). The van der Waals surface area contributed by atoms with Gasteiger partial charge in [0, 0.05) is 30.3 Å². The Labute approximate surface area is 109 Å². The van der Waals surface area contributed by atoms with Crippen molar-refractivity contribution in [2.75, 3.05) is 11.4 Å². The maximum atomic E-state index is 12.0. The standard InChI is InChI=1S/C16H21NO/c18-16-11-12-17(13-7-3-1-2-4-8-13)15-10-6-5-9-14(15)16/h5-6,9-10,13H,1-4,7-8,11-12H2. The summed E-state index contributed by atoms with van der Waals surface area (Å²) in [6.07, 6.45) is 8.73. The first-order valence-corrected chi connectivity index (χ1v) is 7.25. The van der Waals surface area contributed by atoms with Gasteiger partial charge in [-0.2, -0.15) is 0 Å². The van der Waals surface area contributed by atoms with Gasteiger partial charge in [0.1, 0.15) is 0 Å². The van der Waals surface area contributed by atoms with Gasteiger partial charge in [0.2, 0.25) is 0 Å². The van der Waals surface area contributed by atoms with Gasteiger partial charge < -0.3 is 4.90 Å². The highest BCUT2D eigenvalue weighted by Gasteiger charge is 2.27. The molecule has 0 saturated heterocycles. The van der Waals surface area contributed by atoms with Gasteiger partial charge in [0.15, 0.2) is 5.78 Å². The number of fused-ring (bicyclic) bond motifs is 1. The first-order valence-electron chi connectivity index (χ1n) is 7.25. The monoisotopic (exact) mass is 243 g/mol. The zero-order chi connectivity index (χ0) is 12.4. The Balaban J connectivity index is 1.89. The van der Waals surface area contributed by atoms with Crippen LogP contribution in [0.4, 0.5) is 5.69 Å². The molecule has 0 amide bonds. The summed E-state index contributed by atoms with van der Waals surface area (Å²) in [4.78, 5) is 14.5. The molecule has 18 heavy (non-hydrogen) atoms. The highest BCUT2D eigenvalue weighted by molar-refractivity contribution is 6.03. The molecule has 1 saturated carbocycles. The van der Waals surface area contributed by atoms with Gasteiger partial charge in [0.05, 0.1) is 0 Å². The molecule has 1 heterocycles. The lowest BCUT2D eigenvalue weighted by Crippen LogP contribution is -2.40. The minimum absolute atomic E-state index is 0.315. The number of anilines is 1. The summed E-state index contributed by atoms with van der Waals surface area (Å²) in [7, 11) is 0. The molecular formula is C16H21NO. The molecule has 0 unspecified atom stereocenters. The van der Waals surface area contributed by atoms with Crippen LogP contribution in [-0.4, -0.2) is 18.4 Å². The number of para-hydroxylation sites is 1. The van der Waals surface area contributed by atoms with Crippen LogP contribution in [0.25, 0.3) is 0 Å². The second-order valence-electron chi connectivity index (χ2n) is 5.53. The predicted octanol–water partition coefficient (Wildman–Crippen LogP) is 3.80. The minimum Gasteiger partial charge on any atom is -0.368 e. The molecule has 0 bridgehead atoms. The Morgan fingerprint density at radius 1 is 1.00 bits per heavy atom. The fourth-order valence-electron chi connectivity index (χ4n) is 3.39. The Bertz CT molecular complexity index is 432. The molecule has 1 aliphatic heterocycles. The van der Waals surface area contributed by atoms with E-state index in [4.69, 9.17) is 0 Å². The number of rotatable bonds is 1. The number of carbonyl (C=O) groups excluding carboxylic acids is 1. The third-order valence-corrected chi connectivity index (χ3v) is 4.36. The maximum Gasteiger partial charge on any atom is 0.166 e. The van der Waals surface area contributed by atoms with Crippen LogP contribution in [0.2, 0.25) is 0 Å². The molecule has 1 aromatic rings. The van der Waals surface area contributed by atoms with E-state index in [1.165, 1.54) is 44.2 Å². The number of hydrogen-bond acceptors (Lipinski definition) is 2. The first kappa shape index (κ1) is 11.8. The van der Waals surface area contributed by atoms with Crippen LogP contribution in [0.5, 0.6) is 0 Å². The largest absolute Gasteiger partial charge is 0.368 e. The van der Waals surface area contributed by atoms with E-state index in [1.807, 2.05) is 12.1 Å². The molecule has 0 atom stereocenters. The maximum absolute atomic E-state index is 12.0. The van der Waals surface area contributed by atoms with E-state index < -0.39 is 0 Å². The summed E-state index contributed by atoms with van der Waals surface area (Å²) < 4.78 is 0. The fraction of sp³-hybridized carbons (Fsp3) is 0.562. The molecule has 0 N–H and O–H groups in total. The lowest BCUT2D eigenvalue weighted by atomic mass is 9.96. The summed E-state index contributed by atoms with van der Waals surface area (Å²) in [6.45, 7) is 0.917. The van der Waals surface area contributed by atoms with E-state index in [1.54, 1.807) is 0 Å². The van der Waals surface area contributed by atoms with Crippen LogP contribution in [0.15, 0.2) is 24.3 Å². The van der Waals surface area contributed by atoms with E-state index in [0.717, 1.165) is 12.1 Å². The molecule has 1 aromatic carbocycles. The molecule has 2 aliphatic rings. The van der Waals surface area contributed by atoms with E-state index in [0.29, 0.717) is 18.2 Å². The lowest BCUT2D eigenvalue weighted by molar-refractivity contribution is 0.0978. The Morgan fingerprint density at radius 3 is 2.50 bits per heavy atom. The van der Waals surface area contributed by atoms with Crippen molar-refractivity contribution in [1.29, 1.82) is 0 Å². The molecule has 0 spiro atoms. The third kappa shape index (κ3) is 2.16. The molecule has 2 nitrogen and oxygen atoms in total. The van der Waals surface area contributed by atoms with Crippen LogP contribution in [-0.2, 0) is 0 Å². The smallest absolute Gasteiger partial charge is 0.166 e. The average Bonchev–Trinajstić information content (AvgIpc) is 2.68. The normalized spacial score (nSPS) is 21.6. The molecule has 0 aromatic heterocycles. The zero-order valence-electron chi connectivity index (χ0n) is 10.9. The van der Waals surface area contributed by atoms with Crippen LogP contribution in [0.3, 0.4) is 0 Å². The quantitative estimate of drug-likeness (QED) is 0.699. The van der Waals surface area contributed by atoms with Gasteiger partial charge in [-0.3, -0.25) is 4.79 Å². The number of carbonyl (C=O) groups is 1. The summed E-state index contributed by atoms with van der Waals surface area (Å²) >= 11 is 0. The number of nitrogens with zero attached hydrogens (tertiary/aromatic N) is 1. The lowest BCUT2D eigenvalue weighted by Gasteiger charge is -2.37. The van der Waals surface area contributed by atoms with Crippen molar-refractivity contribution < 1.29 is 4.79 Å². The van der Waals surface area contributed by atoms with Gasteiger partial charge in [0.25, 0.3) is 0 Å². The van der Waals surface area contributed by atoms with Crippen molar-refractivity contribution in [3.05, 3.63) is 29.8 Å². The third-order valence-electron chi connectivity index (χ3n) is 4.36. The molecule has 1 fully saturated rings. The predicted molar refractivity (Wildman–Crippen MR) is 74.2 cm³/mol. The highest BCUT2D eigenvalue weighted by Crippen LogP contribution is 2.32. The number of Topliss-reactive ketones (excluding diaryl/α,β-unsaturated/α-hetero) is 1. The van der Waals surface area contributed by atoms with E-state index in [2.05, 4.69) is 17.0 Å². The van der Waals surface area contributed by atoms with Crippen molar-refractivity contribution in [3.8, 4) is 0 Å². The number of ketones is 1. The summed E-state index contributed by atoms with van der Waals surface area (Å²) in [5, 5.41) is 0. The van der Waals surface area contributed by atoms with Crippen LogP contribution in [0, 0.1) is 0 Å². The molecule has 0 radical (unpaired) electrons.